The first-order chi connectivity index (χ1) is 11.8. The first-order valence-corrected chi connectivity index (χ1v) is 9.31. The Bertz CT molecular complexity index is 811. The minimum Gasteiger partial charge on any atom is -0.466 e. The number of rotatable bonds is 6. The molecule has 0 aliphatic carbocycles. The average Bonchev–Trinajstić information content (AvgIpc) is 2.52. The predicted molar refractivity (Wildman–Crippen MR) is 101 cm³/mol. The van der Waals surface area contributed by atoms with Crippen molar-refractivity contribution in [3.63, 3.8) is 0 Å². The Morgan fingerprint density at radius 1 is 1.24 bits per heavy atom. The van der Waals surface area contributed by atoms with Gasteiger partial charge in [0.25, 0.3) is 5.56 Å². The summed E-state index contributed by atoms with van der Waals surface area (Å²) >= 11 is 6.89. The number of halogens is 2. The molecule has 6 nitrogen and oxygen atoms in total. The largest absolute Gasteiger partial charge is 0.466 e. The molecule has 0 radical (unpaired) electrons. The number of nitrogens with zero attached hydrogens (tertiary/aromatic N) is 2. The number of hydrogen-bond acceptors (Lipinski definition) is 5. The number of ether oxygens (including phenoxy) is 2. The van der Waals surface area contributed by atoms with Gasteiger partial charge in [0.1, 0.15) is 0 Å². The van der Waals surface area contributed by atoms with Crippen molar-refractivity contribution in [3.8, 4) is 11.6 Å². The molecule has 1 heterocycles. The van der Waals surface area contributed by atoms with Crippen molar-refractivity contribution in [2.75, 3.05) is 6.61 Å². The second-order valence-corrected chi connectivity index (χ2v) is 7.23. The molecule has 2 aromatic rings. The van der Waals surface area contributed by atoms with Crippen molar-refractivity contribution in [2.45, 2.75) is 33.2 Å². The van der Waals surface area contributed by atoms with Gasteiger partial charge in [0.05, 0.1) is 28.0 Å². The molecule has 0 bridgehead atoms. The molecule has 0 atom stereocenters. The molecule has 0 unspecified atom stereocenters. The van der Waals surface area contributed by atoms with E-state index in [1.54, 1.807) is 19.1 Å². The van der Waals surface area contributed by atoms with E-state index in [0.717, 1.165) is 5.56 Å². The van der Waals surface area contributed by atoms with Crippen molar-refractivity contribution in [1.29, 1.82) is 0 Å². The van der Waals surface area contributed by atoms with Crippen LogP contribution in [0.5, 0.6) is 11.6 Å². The highest BCUT2D eigenvalue weighted by molar-refractivity contribution is 9.11. The van der Waals surface area contributed by atoms with Gasteiger partial charge in [-0.05, 0) is 70.3 Å². The molecular weight excluding hydrogens is 456 g/mol. The van der Waals surface area contributed by atoms with Crippen molar-refractivity contribution in [3.05, 3.63) is 49.1 Å². The predicted octanol–water partition coefficient (Wildman–Crippen LogP) is 4.25. The first-order valence-electron chi connectivity index (χ1n) is 7.73. The normalized spacial score (nSPS) is 10.8. The highest BCUT2D eigenvalue weighted by Crippen LogP contribution is 2.37. The quantitative estimate of drug-likeness (QED) is 0.586. The van der Waals surface area contributed by atoms with Gasteiger partial charge in [-0.15, -0.1) is 5.10 Å². The fourth-order valence-electron chi connectivity index (χ4n) is 2.13. The summed E-state index contributed by atoms with van der Waals surface area (Å²) in [6, 6.07) is 6.44. The molecular formula is C17H18Br2N2O4. The maximum atomic E-state index is 11.8. The zero-order valence-electron chi connectivity index (χ0n) is 14.1. The van der Waals surface area contributed by atoms with E-state index in [1.165, 1.54) is 16.8 Å². The Kier molecular flexibility index (Phi) is 6.78. The monoisotopic (exact) mass is 472 g/mol. The van der Waals surface area contributed by atoms with Gasteiger partial charge in [-0.1, -0.05) is 0 Å². The smallest absolute Gasteiger partial charge is 0.310 e. The number of carbonyl (C=O) groups is 1. The van der Waals surface area contributed by atoms with Crippen LogP contribution in [-0.4, -0.2) is 22.4 Å². The number of carbonyl (C=O) groups excluding carboxylic acids is 1. The summed E-state index contributed by atoms with van der Waals surface area (Å²) in [5, 5.41) is 4.21. The summed E-state index contributed by atoms with van der Waals surface area (Å²) in [6.07, 6.45) is 0.168. The second-order valence-electron chi connectivity index (χ2n) is 5.52. The van der Waals surface area contributed by atoms with E-state index in [-0.39, 0.29) is 24.0 Å². The maximum absolute atomic E-state index is 11.8. The molecule has 0 aliphatic rings. The third-order valence-corrected chi connectivity index (χ3v) is 4.39. The van der Waals surface area contributed by atoms with E-state index in [2.05, 4.69) is 37.0 Å². The van der Waals surface area contributed by atoms with E-state index in [0.29, 0.717) is 27.2 Å². The van der Waals surface area contributed by atoms with Crippen LogP contribution in [0.4, 0.5) is 0 Å². The van der Waals surface area contributed by atoms with Crippen LogP contribution in [0.3, 0.4) is 0 Å². The lowest BCUT2D eigenvalue weighted by atomic mass is 10.1. The van der Waals surface area contributed by atoms with Gasteiger partial charge in [-0.2, -0.15) is 0 Å². The van der Waals surface area contributed by atoms with Crippen molar-refractivity contribution < 1.29 is 14.3 Å². The fourth-order valence-corrected chi connectivity index (χ4v) is 3.57. The number of aromatic nitrogens is 2. The molecule has 0 N–H and O–H groups in total. The van der Waals surface area contributed by atoms with Gasteiger partial charge < -0.3 is 9.47 Å². The summed E-state index contributed by atoms with van der Waals surface area (Å²) in [5.74, 6) is 0.516. The second kappa shape index (κ2) is 8.62. The van der Waals surface area contributed by atoms with Crippen LogP contribution in [-0.2, 0) is 16.0 Å². The van der Waals surface area contributed by atoms with Crippen LogP contribution in [0, 0.1) is 0 Å². The minimum atomic E-state index is -0.291. The Morgan fingerprint density at radius 2 is 1.88 bits per heavy atom. The molecule has 0 saturated carbocycles. The zero-order valence-corrected chi connectivity index (χ0v) is 17.3. The van der Waals surface area contributed by atoms with Crippen molar-refractivity contribution in [1.82, 2.24) is 9.78 Å². The maximum Gasteiger partial charge on any atom is 0.310 e. The van der Waals surface area contributed by atoms with Crippen LogP contribution in [0.15, 0.2) is 38.0 Å². The van der Waals surface area contributed by atoms with Crippen LogP contribution < -0.4 is 10.3 Å². The Balaban J connectivity index is 2.27. The number of hydrogen-bond donors (Lipinski definition) is 0. The molecule has 0 amide bonds. The van der Waals surface area contributed by atoms with Gasteiger partial charge in [0.15, 0.2) is 5.75 Å². The lowest BCUT2D eigenvalue weighted by Crippen LogP contribution is -2.23. The molecule has 0 aliphatic heterocycles. The Morgan fingerprint density at radius 3 is 2.44 bits per heavy atom. The highest BCUT2D eigenvalue weighted by Gasteiger charge is 2.14. The first kappa shape index (κ1) is 19.7. The van der Waals surface area contributed by atoms with Crippen LogP contribution in [0.1, 0.15) is 32.4 Å². The lowest BCUT2D eigenvalue weighted by molar-refractivity contribution is -0.142. The van der Waals surface area contributed by atoms with E-state index in [1.807, 2.05) is 13.8 Å². The summed E-state index contributed by atoms with van der Waals surface area (Å²) < 4.78 is 13.4. The van der Waals surface area contributed by atoms with Crippen LogP contribution in [0.2, 0.25) is 0 Å². The molecule has 1 aromatic carbocycles. The van der Waals surface area contributed by atoms with E-state index in [9.17, 15) is 9.59 Å². The summed E-state index contributed by atoms with van der Waals surface area (Å²) in [5.41, 5.74) is 0.593. The van der Waals surface area contributed by atoms with Gasteiger partial charge >= 0.3 is 5.97 Å². The molecule has 1 aromatic heterocycles. The minimum absolute atomic E-state index is 0.0742. The van der Waals surface area contributed by atoms with Crippen molar-refractivity contribution >= 4 is 37.8 Å². The van der Waals surface area contributed by atoms with E-state index < -0.39 is 0 Å². The molecule has 0 fully saturated rings. The van der Waals surface area contributed by atoms with Crippen LogP contribution in [0.25, 0.3) is 0 Å². The van der Waals surface area contributed by atoms with Crippen LogP contribution >= 0.6 is 31.9 Å². The third-order valence-electron chi connectivity index (χ3n) is 3.21. The Hall–Kier alpha value is -1.67. The topological polar surface area (TPSA) is 70.4 Å². The van der Waals surface area contributed by atoms with E-state index in [4.69, 9.17) is 9.47 Å². The van der Waals surface area contributed by atoms with Gasteiger partial charge in [0.2, 0.25) is 5.88 Å². The van der Waals surface area contributed by atoms with Gasteiger partial charge in [0, 0.05) is 12.1 Å². The van der Waals surface area contributed by atoms with Gasteiger partial charge in [-0.3, -0.25) is 9.59 Å². The standard InChI is InChI=1S/C17H18Br2N2O4/c1-4-24-16(23)9-11-7-12(18)17(13(19)8-11)25-14-5-6-15(22)21(20-14)10(2)3/h5-8,10H,4,9H2,1-3H3. The summed E-state index contributed by atoms with van der Waals surface area (Å²) in [7, 11) is 0. The summed E-state index contributed by atoms with van der Waals surface area (Å²) in [6.45, 7) is 5.85. The SMILES string of the molecule is CCOC(=O)Cc1cc(Br)c(Oc2ccc(=O)n(C(C)C)n2)c(Br)c1. The molecule has 0 spiro atoms. The van der Waals surface area contributed by atoms with E-state index >= 15 is 0 Å². The molecule has 0 saturated heterocycles. The van der Waals surface area contributed by atoms with Crippen molar-refractivity contribution in [2.24, 2.45) is 0 Å². The molecule has 2 rings (SSSR count). The number of esters is 1. The Labute approximate surface area is 162 Å². The van der Waals surface area contributed by atoms with Gasteiger partial charge in [-0.25, -0.2) is 4.68 Å². The lowest BCUT2D eigenvalue weighted by Gasteiger charge is -2.13. The fraction of sp³-hybridized carbons (Fsp3) is 0.353. The zero-order chi connectivity index (χ0) is 18.6. The summed E-state index contributed by atoms with van der Waals surface area (Å²) in [4.78, 5) is 23.4. The molecule has 8 heteroatoms. The third kappa shape index (κ3) is 5.15. The highest BCUT2D eigenvalue weighted by atomic mass is 79.9. The average molecular weight is 474 g/mol. The number of benzene rings is 1. The molecule has 134 valence electrons. The molecule has 25 heavy (non-hydrogen) atoms.